The van der Waals surface area contributed by atoms with E-state index in [9.17, 15) is 4.79 Å². The molecule has 0 N–H and O–H groups in total. The number of ether oxygens (including phenoxy) is 1. The first kappa shape index (κ1) is 9.95. The Morgan fingerprint density at radius 3 is 2.40 bits per heavy atom. The van der Waals surface area contributed by atoms with E-state index in [0.29, 0.717) is 13.1 Å². The molecule has 2 nitrogen and oxygen atoms in total. The second-order valence-corrected chi connectivity index (χ2v) is 4.37. The normalized spacial score (nSPS) is 14.4. The van der Waals surface area contributed by atoms with Gasteiger partial charge in [-0.2, -0.15) is 0 Å². The lowest BCUT2D eigenvalue weighted by Gasteiger charge is -2.24. The van der Waals surface area contributed by atoms with Crippen molar-refractivity contribution in [2.75, 3.05) is 6.61 Å². The number of hydrogen-bond acceptors (Lipinski definition) is 2. The molecule has 0 spiro atoms. The van der Waals surface area contributed by atoms with Crippen molar-refractivity contribution >= 4 is 22.4 Å². The lowest BCUT2D eigenvalue weighted by molar-refractivity contribution is -0.129. The van der Waals surface area contributed by atoms with Crippen LogP contribution in [-0.4, -0.2) is 17.9 Å². The van der Waals surface area contributed by atoms with E-state index in [0.717, 1.165) is 0 Å². The Kier molecular flexibility index (Phi) is 3.94. The summed E-state index contributed by atoms with van der Waals surface area (Å²) in [6.45, 7) is 7.16. The highest BCUT2D eigenvalue weighted by atomic mass is 79.9. The maximum absolute atomic E-state index is 9.79. The van der Waals surface area contributed by atoms with E-state index in [1.54, 1.807) is 0 Å². The quantitative estimate of drug-likeness (QED) is 0.524. The minimum absolute atomic E-state index is 0.142. The van der Waals surface area contributed by atoms with Crippen molar-refractivity contribution in [2.45, 2.75) is 25.6 Å². The standard InChI is InChI=1S/C7H13BrO2/c1-7(2,3)6(8)4-10-5-9/h5-6H,4H2,1-3H3. The number of carbonyl (C=O) groups excluding carboxylic acids is 1. The summed E-state index contributed by atoms with van der Waals surface area (Å²) < 4.78 is 4.59. The molecule has 0 aromatic carbocycles. The molecule has 1 unspecified atom stereocenters. The van der Waals surface area contributed by atoms with E-state index >= 15 is 0 Å². The number of hydrogen-bond donors (Lipinski definition) is 0. The van der Waals surface area contributed by atoms with Crippen molar-refractivity contribution in [3.63, 3.8) is 0 Å². The lowest BCUT2D eigenvalue weighted by Crippen LogP contribution is -2.24. The van der Waals surface area contributed by atoms with Crippen LogP contribution in [0, 0.1) is 5.41 Å². The molecule has 0 aromatic heterocycles. The fraction of sp³-hybridized carbons (Fsp3) is 0.857. The molecule has 0 aliphatic carbocycles. The molecule has 0 rings (SSSR count). The van der Waals surface area contributed by atoms with E-state index < -0.39 is 0 Å². The van der Waals surface area contributed by atoms with E-state index in [2.05, 4.69) is 41.4 Å². The van der Waals surface area contributed by atoms with Gasteiger partial charge in [0.2, 0.25) is 0 Å². The molecular weight excluding hydrogens is 196 g/mol. The van der Waals surface area contributed by atoms with Gasteiger partial charge < -0.3 is 4.74 Å². The van der Waals surface area contributed by atoms with Gasteiger partial charge in [0.25, 0.3) is 6.47 Å². The molecule has 0 heterocycles. The Bertz CT molecular complexity index is 107. The largest absolute Gasteiger partial charge is 0.467 e. The van der Waals surface area contributed by atoms with E-state index in [1.807, 2.05) is 0 Å². The van der Waals surface area contributed by atoms with Crippen LogP contribution in [-0.2, 0) is 9.53 Å². The molecule has 60 valence electrons. The van der Waals surface area contributed by atoms with Crippen LogP contribution >= 0.6 is 15.9 Å². The number of carbonyl (C=O) groups is 1. The molecule has 3 heteroatoms. The maximum Gasteiger partial charge on any atom is 0.293 e. The topological polar surface area (TPSA) is 26.3 Å². The van der Waals surface area contributed by atoms with Crippen LogP contribution in [0.4, 0.5) is 0 Å². The van der Waals surface area contributed by atoms with Gasteiger partial charge in [0, 0.05) is 0 Å². The monoisotopic (exact) mass is 208 g/mol. The van der Waals surface area contributed by atoms with Gasteiger partial charge in [-0.05, 0) is 5.41 Å². The molecule has 0 aromatic rings. The van der Waals surface area contributed by atoms with Crippen LogP contribution in [0.1, 0.15) is 20.8 Å². The average molecular weight is 209 g/mol. The van der Waals surface area contributed by atoms with Crippen LogP contribution in [0.15, 0.2) is 0 Å². The highest BCUT2D eigenvalue weighted by molar-refractivity contribution is 9.09. The van der Waals surface area contributed by atoms with Gasteiger partial charge in [0.05, 0.1) is 4.83 Å². The summed E-state index contributed by atoms with van der Waals surface area (Å²) in [7, 11) is 0. The minimum Gasteiger partial charge on any atom is -0.467 e. The van der Waals surface area contributed by atoms with Crippen molar-refractivity contribution < 1.29 is 9.53 Å². The fourth-order valence-corrected chi connectivity index (χ4v) is 0.526. The van der Waals surface area contributed by atoms with Crippen molar-refractivity contribution in [2.24, 2.45) is 5.41 Å². The van der Waals surface area contributed by atoms with Crippen molar-refractivity contribution in [3.05, 3.63) is 0 Å². The predicted octanol–water partition coefficient (Wildman–Crippen LogP) is 1.97. The average Bonchev–Trinajstić information content (AvgIpc) is 1.80. The molecule has 0 saturated carbocycles. The molecule has 0 saturated heterocycles. The smallest absolute Gasteiger partial charge is 0.293 e. The third-order valence-corrected chi connectivity index (χ3v) is 2.89. The molecule has 0 aliphatic heterocycles. The number of halogens is 1. The van der Waals surface area contributed by atoms with Gasteiger partial charge in [-0.3, -0.25) is 4.79 Å². The van der Waals surface area contributed by atoms with E-state index in [-0.39, 0.29) is 10.2 Å². The summed E-state index contributed by atoms with van der Waals surface area (Å²) in [5.41, 5.74) is 0.142. The third kappa shape index (κ3) is 3.88. The molecule has 0 bridgehead atoms. The Hall–Kier alpha value is -0.0500. The van der Waals surface area contributed by atoms with Gasteiger partial charge in [-0.25, -0.2) is 0 Å². The molecular formula is C7H13BrO2. The van der Waals surface area contributed by atoms with Gasteiger partial charge in [0.15, 0.2) is 0 Å². The predicted molar refractivity (Wildman–Crippen MR) is 44.2 cm³/mol. The first-order chi connectivity index (χ1) is 4.48. The van der Waals surface area contributed by atoms with Gasteiger partial charge in [0.1, 0.15) is 6.61 Å². The summed E-state index contributed by atoms with van der Waals surface area (Å²) in [6.07, 6.45) is 0. The molecule has 0 radical (unpaired) electrons. The maximum atomic E-state index is 9.79. The van der Waals surface area contributed by atoms with Crippen molar-refractivity contribution in [3.8, 4) is 0 Å². The number of alkyl halides is 1. The second-order valence-electron chi connectivity index (χ2n) is 3.26. The molecule has 0 aliphatic rings. The van der Waals surface area contributed by atoms with Crippen LogP contribution in [0.2, 0.25) is 0 Å². The Balaban J connectivity index is 3.61. The summed E-state index contributed by atoms with van der Waals surface area (Å²) in [6, 6.07) is 0. The molecule has 0 fully saturated rings. The van der Waals surface area contributed by atoms with Gasteiger partial charge in [-0.1, -0.05) is 36.7 Å². The van der Waals surface area contributed by atoms with Crippen LogP contribution in [0.3, 0.4) is 0 Å². The first-order valence-electron chi connectivity index (χ1n) is 3.18. The Morgan fingerprint density at radius 2 is 2.10 bits per heavy atom. The van der Waals surface area contributed by atoms with E-state index in [1.165, 1.54) is 0 Å². The second kappa shape index (κ2) is 3.96. The van der Waals surface area contributed by atoms with Gasteiger partial charge >= 0.3 is 0 Å². The minimum atomic E-state index is 0.142. The summed E-state index contributed by atoms with van der Waals surface area (Å²) in [4.78, 5) is 10.0. The van der Waals surface area contributed by atoms with Crippen LogP contribution in [0.5, 0.6) is 0 Å². The zero-order chi connectivity index (χ0) is 8.20. The fourth-order valence-electron chi connectivity index (χ4n) is 0.374. The first-order valence-corrected chi connectivity index (χ1v) is 4.09. The van der Waals surface area contributed by atoms with Crippen molar-refractivity contribution in [1.82, 2.24) is 0 Å². The summed E-state index contributed by atoms with van der Waals surface area (Å²) in [5, 5.41) is 0. The van der Waals surface area contributed by atoms with Crippen LogP contribution < -0.4 is 0 Å². The lowest BCUT2D eigenvalue weighted by atomic mass is 9.93. The van der Waals surface area contributed by atoms with Crippen molar-refractivity contribution in [1.29, 1.82) is 0 Å². The summed E-state index contributed by atoms with van der Waals surface area (Å²) in [5.74, 6) is 0. The van der Waals surface area contributed by atoms with Crippen LogP contribution in [0.25, 0.3) is 0 Å². The molecule has 0 amide bonds. The number of rotatable bonds is 3. The molecule has 1 atom stereocenters. The molecule has 10 heavy (non-hydrogen) atoms. The van der Waals surface area contributed by atoms with E-state index in [4.69, 9.17) is 0 Å². The van der Waals surface area contributed by atoms with Gasteiger partial charge in [-0.15, -0.1) is 0 Å². The Morgan fingerprint density at radius 1 is 1.60 bits per heavy atom. The highest BCUT2D eigenvalue weighted by Gasteiger charge is 2.21. The zero-order valence-corrected chi connectivity index (χ0v) is 8.14. The SMILES string of the molecule is CC(C)(C)C(Br)COC=O. The third-order valence-electron chi connectivity index (χ3n) is 1.25. The summed E-state index contributed by atoms with van der Waals surface area (Å²) >= 11 is 3.42. The zero-order valence-electron chi connectivity index (χ0n) is 6.56. The highest BCUT2D eigenvalue weighted by Crippen LogP contribution is 2.25. The Labute approximate surface area is 70.1 Å².